The number of aliphatic hydroxyl groups is 1. The van der Waals surface area contributed by atoms with Crippen LogP contribution in [0.3, 0.4) is 0 Å². The number of aliphatic hydroxyl groups excluding tert-OH is 1. The Balaban J connectivity index is 0.000000396. The quantitative estimate of drug-likeness (QED) is 0.457. The second kappa shape index (κ2) is 11.6. The number of carbonyl (C=O) groups excluding carboxylic acids is 1. The van der Waals surface area contributed by atoms with Gasteiger partial charge in [0.25, 0.3) is 0 Å². The summed E-state index contributed by atoms with van der Waals surface area (Å²) in [6, 6.07) is 16.5. The Morgan fingerprint density at radius 2 is 1.65 bits per heavy atom. The van der Waals surface area contributed by atoms with E-state index in [0.717, 1.165) is 23.4 Å². The fourth-order valence-corrected chi connectivity index (χ4v) is 5.10. The molecule has 1 heterocycles. The van der Waals surface area contributed by atoms with Crippen molar-refractivity contribution in [3.05, 3.63) is 70.2 Å². The minimum atomic E-state index is -0.963. The van der Waals surface area contributed by atoms with E-state index >= 15 is 0 Å². The van der Waals surface area contributed by atoms with Gasteiger partial charge >= 0.3 is 5.97 Å². The number of hydrogen-bond donors (Lipinski definition) is 2. The molecule has 2 N–H and O–H groups in total. The zero-order valence-electron chi connectivity index (χ0n) is 19.7. The summed E-state index contributed by atoms with van der Waals surface area (Å²) in [4.78, 5) is 26.8. The molecule has 1 aliphatic heterocycles. The van der Waals surface area contributed by atoms with Crippen LogP contribution < -0.4 is 0 Å². The molecule has 1 aliphatic carbocycles. The third kappa shape index (κ3) is 6.53. The summed E-state index contributed by atoms with van der Waals surface area (Å²) in [6.07, 6.45) is 2.95. The zero-order valence-corrected chi connectivity index (χ0v) is 21.2. The van der Waals surface area contributed by atoms with Gasteiger partial charge in [0.05, 0.1) is 30.0 Å². The highest BCUT2D eigenvalue weighted by atomic mass is 35.5. The van der Waals surface area contributed by atoms with Crippen LogP contribution in [0.4, 0.5) is 0 Å². The number of carbonyl (C=O) groups is 2. The largest absolute Gasteiger partial charge is 0.481 e. The minimum absolute atomic E-state index is 0.152. The van der Waals surface area contributed by atoms with Crippen LogP contribution in [-0.2, 0) is 9.59 Å². The van der Waals surface area contributed by atoms with Gasteiger partial charge in [0.15, 0.2) is 0 Å². The molecule has 0 bridgehead atoms. The summed E-state index contributed by atoms with van der Waals surface area (Å²) in [7, 11) is 0. The lowest BCUT2D eigenvalue weighted by molar-refractivity contribution is -0.162. The molecule has 0 radical (unpaired) electrons. The van der Waals surface area contributed by atoms with Crippen molar-refractivity contribution in [1.29, 1.82) is 0 Å². The van der Waals surface area contributed by atoms with Crippen LogP contribution in [0.2, 0.25) is 10.0 Å². The molecular formula is C27H33Cl2NO4. The summed E-state index contributed by atoms with van der Waals surface area (Å²) in [5.74, 6) is -0.832. The average molecular weight is 506 g/mol. The van der Waals surface area contributed by atoms with Gasteiger partial charge in [-0.25, -0.2) is 0 Å². The van der Waals surface area contributed by atoms with Crippen molar-refractivity contribution in [2.45, 2.75) is 70.6 Å². The Hall–Kier alpha value is -2.08. The number of rotatable bonds is 7. The number of carboxylic acid groups (broad SMARTS) is 1. The van der Waals surface area contributed by atoms with Gasteiger partial charge in [0.1, 0.15) is 0 Å². The average Bonchev–Trinajstić information content (AvgIpc) is 3.63. The molecule has 2 aromatic carbocycles. The summed E-state index contributed by atoms with van der Waals surface area (Å²) < 4.78 is 0. The maximum absolute atomic E-state index is 13.6. The molecular weight excluding hydrogens is 473 g/mol. The van der Waals surface area contributed by atoms with Crippen LogP contribution in [-0.4, -0.2) is 39.1 Å². The standard InChI is InChI=1S/C21H28ClNO4.C6H5Cl/c1-3-17(24)19(14-4-5-14)23-16(13-6-8-15(22)9-7-13)10-11-21(2,20(23)27)12-18(25)26;7-6-4-2-1-3-5-6/h6-9,14,16-17,19,24H,3-5,10-12H2,1-2H3,(H,25,26);1-5H/t16-,17+,19?,21+;/m0./s1. The highest BCUT2D eigenvalue weighted by Crippen LogP contribution is 2.48. The van der Waals surface area contributed by atoms with Crippen LogP contribution >= 0.6 is 23.2 Å². The fraction of sp³-hybridized carbons (Fsp3) is 0.481. The first-order chi connectivity index (χ1) is 16.2. The van der Waals surface area contributed by atoms with Crippen LogP contribution in [0.1, 0.15) is 64.0 Å². The second-order valence-electron chi connectivity index (χ2n) is 9.55. The number of piperidine rings is 1. The molecule has 1 saturated carbocycles. The van der Waals surface area contributed by atoms with E-state index in [0.29, 0.717) is 24.3 Å². The summed E-state index contributed by atoms with van der Waals surface area (Å²) in [5, 5.41) is 21.5. The Bertz CT molecular complexity index is 964. The molecule has 4 rings (SSSR count). The maximum Gasteiger partial charge on any atom is 0.304 e. The predicted octanol–water partition coefficient (Wildman–Crippen LogP) is 6.37. The fourth-order valence-electron chi connectivity index (χ4n) is 4.83. The first kappa shape index (κ1) is 26.5. The van der Waals surface area contributed by atoms with Gasteiger partial charge in [-0.15, -0.1) is 0 Å². The van der Waals surface area contributed by atoms with E-state index in [9.17, 15) is 19.8 Å². The first-order valence-electron chi connectivity index (χ1n) is 11.8. The van der Waals surface area contributed by atoms with Crippen LogP contribution in [0.5, 0.6) is 0 Å². The summed E-state index contributed by atoms with van der Waals surface area (Å²) >= 11 is 11.6. The van der Waals surface area contributed by atoms with Gasteiger partial charge in [-0.2, -0.15) is 0 Å². The number of amides is 1. The number of halogens is 2. The van der Waals surface area contributed by atoms with E-state index in [1.54, 1.807) is 6.92 Å². The molecule has 34 heavy (non-hydrogen) atoms. The normalized spacial score (nSPS) is 24.1. The van der Waals surface area contributed by atoms with E-state index in [-0.39, 0.29) is 30.3 Å². The lowest BCUT2D eigenvalue weighted by atomic mass is 9.73. The molecule has 1 saturated heterocycles. The Labute approximate surface area is 211 Å². The number of aliphatic carboxylic acids is 1. The monoisotopic (exact) mass is 505 g/mol. The predicted molar refractivity (Wildman–Crippen MR) is 135 cm³/mol. The second-order valence-corrected chi connectivity index (χ2v) is 10.4. The van der Waals surface area contributed by atoms with Gasteiger partial charge < -0.3 is 15.1 Å². The van der Waals surface area contributed by atoms with Gasteiger partial charge in [0, 0.05) is 10.0 Å². The van der Waals surface area contributed by atoms with Crippen molar-refractivity contribution in [2.24, 2.45) is 11.3 Å². The summed E-state index contributed by atoms with van der Waals surface area (Å²) in [5.41, 5.74) is 0.0501. The third-order valence-electron chi connectivity index (χ3n) is 6.82. The van der Waals surface area contributed by atoms with Gasteiger partial charge in [0.2, 0.25) is 5.91 Å². The minimum Gasteiger partial charge on any atom is -0.481 e. The van der Waals surface area contributed by atoms with E-state index in [1.807, 2.05) is 66.4 Å². The van der Waals surface area contributed by atoms with E-state index in [1.165, 1.54) is 0 Å². The van der Waals surface area contributed by atoms with E-state index < -0.39 is 17.5 Å². The smallest absolute Gasteiger partial charge is 0.304 e. The molecule has 7 heteroatoms. The Kier molecular flexibility index (Phi) is 9.02. The molecule has 2 aliphatic rings. The number of carboxylic acids is 1. The molecule has 1 amide bonds. The molecule has 184 valence electrons. The van der Waals surface area contributed by atoms with Crippen LogP contribution in [0, 0.1) is 11.3 Å². The highest BCUT2D eigenvalue weighted by Gasteiger charge is 2.52. The highest BCUT2D eigenvalue weighted by molar-refractivity contribution is 6.30. The van der Waals surface area contributed by atoms with Gasteiger partial charge in [-0.05, 0) is 67.9 Å². The van der Waals surface area contributed by atoms with Crippen molar-refractivity contribution in [3.63, 3.8) is 0 Å². The molecule has 0 spiro atoms. The van der Waals surface area contributed by atoms with Gasteiger partial charge in [-0.1, -0.05) is 67.4 Å². The third-order valence-corrected chi connectivity index (χ3v) is 7.33. The lowest BCUT2D eigenvalue weighted by Crippen LogP contribution is -2.57. The van der Waals surface area contributed by atoms with E-state index in [2.05, 4.69) is 0 Å². The molecule has 0 aromatic heterocycles. The molecule has 4 atom stereocenters. The lowest BCUT2D eigenvalue weighted by Gasteiger charge is -2.49. The molecule has 1 unspecified atom stereocenters. The van der Waals surface area contributed by atoms with Crippen LogP contribution in [0.15, 0.2) is 54.6 Å². The zero-order chi connectivity index (χ0) is 24.9. The SMILES string of the molecule is CC[C@@H](O)C(C1CC1)N1C(=O)[C@@](C)(CC(=O)O)CC[C@H]1c1ccc(Cl)cc1.Clc1ccccc1. The van der Waals surface area contributed by atoms with Crippen LogP contribution in [0.25, 0.3) is 0 Å². The number of likely N-dealkylation sites (tertiary alicyclic amines) is 1. The van der Waals surface area contributed by atoms with Crippen molar-refractivity contribution in [2.75, 3.05) is 0 Å². The van der Waals surface area contributed by atoms with Crippen molar-refractivity contribution < 1.29 is 19.8 Å². The summed E-state index contributed by atoms with van der Waals surface area (Å²) in [6.45, 7) is 3.67. The van der Waals surface area contributed by atoms with E-state index in [4.69, 9.17) is 23.2 Å². The van der Waals surface area contributed by atoms with Gasteiger partial charge in [-0.3, -0.25) is 9.59 Å². The van der Waals surface area contributed by atoms with Crippen molar-refractivity contribution in [3.8, 4) is 0 Å². The number of benzene rings is 2. The first-order valence-corrected chi connectivity index (χ1v) is 12.6. The topological polar surface area (TPSA) is 77.8 Å². The Morgan fingerprint density at radius 1 is 1.06 bits per heavy atom. The molecule has 2 fully saturated rings. The molecule has 5 nitrogen and oxygen atoms in total. The number of nitrogens with zero attached hydrogens (tertiary/aromatic N) is 1. The van der Waals surface area contributed by atoms with Crippen molar-refractivity contribution in [1.82, 2.24) is 4.90 Å². The maximum atomic E-state index is 13.6. The molecule has 2 aromatic rings. The number of hydrogen-bond acceptors (Lipinski definition) is 3. The van der Waals surface area contributed by atoms with Crippen molar-refractivity contribution >= 4 is 35.1 Å². The Morgan fingerprint density at radius 3 is 2.12 bits per heavy atom.